The lowest BCUT2D eigenvalue weighted by Gasteiger charge is -2.28. The molecule has 31 heavy (non-hydrogen) atoms. The summed E-state index contributed by atoms with van der Waals surface area (Å²) < 4.78 is 4.89. The van der Waals surface area contributed by atoms with Crippen molar-refractivity contribution in [2.75, 3.05) is 7.11 Å². The fourth-order valence-electron chi connectivity index (χ4n) is 4.78. The molecule has 160 valence electrons. The molecule has 0 aliphatic heterocycles. The summed E-state index contributed by atoms with van der Waals surface area (Å²) >= 11 is 0. The number of esters is 1. The van der Waals surface area contributed by atoms with Crippen molar-refractivity contribution >= 4 is 5.97 Å². The van der Waals surface area contributed by atoms with Crippen LogP contribution in [-0.4, -0.2) is 18.2 Å². The molecule has 0 heterocycles. The van der Waals surface area contributed by atoms with Gasteiger partial charge in [-0.1, -0.05) is 68.8 Å². The number of aryl methyl sites for hydroxylation is 1. The first-order chi connectivity index (χ1) is 14.8. The Morgan fingerprint density at radius 1 is 0.968 bits per heavy atom. The SMILES string of the molecule is CCC(C)(CC)c1ccc2c(c1)C(c1ccc(O)c(C(=O)OC)c1)c1cc(C)ccc1-2. The summed E-state index contributed by atoms with van der Waals surface area (Å²) in [6.07, 6.45) is 2.15. The Kier molecular flexibility index (Phi) is 5.38. The number of methoxy groups -OCH3 is 1. The van der Waals surface area contributed by atoms with Crippen molar-refractivity contribution < 1.29 is 14.6 Å². The van der Waals surface area contributed by atoms with E-state index in [0.29, 0.717) is 0 Å². The van der Waals surface area contributed by atoms with E-state index in [2.05, 4.69) is 64.1 Å². The number of carbonyl (C=O) groups excluding carboxylic acids is 1. The number of fused-ring (bicyclic) bond motifs is 3. The number of benzene rings is 3. The third kappa shape index (κ3) is 3.42. The van der Waals surface area contributed by atoms with E-state index in [1.54, 1.807) is 12.1 Å². The zero-order valence-corrected chi connectivity index (χ0v) is 19.0. The van der Waals surface area contributed by atoms with Crippen LogP contribution in [0.2, 0.25) is 0 Å². The molecule has 1 atom stereocenters. The number of hydrogen-bond acceptors (Lipinski definition) is 3. The standard InChI is InChI=1S/C28H30O3/c1-6-28(4,7-2)19-10-12-21-20-11-8-17(3)14-22(20)26(23(21)16-19)18-9-13-25(29)24(15-18)27(30)31-5/h8-16,26,29H,6-7H2,1-5H3. The van der Waals surface area contributed by atoms with E-state index in [-0.39, 0.29) is 22.6 Å². The molecule has 3 aromatic rings. The lowest BCUT2D eigenvalue weighted by atomic mass is 9.76. The van der Waals surface area contributed by atoms with Crippen LogP contribution < -0.4 is 0 Å². The molecule has 1 aliphatic rings. The maximum atomic E-state index is 12.2. The minimum absolute atomic E-state index is 0.00631. The van der Waals surface area contributed by atoms with E-state index in [4.69, 9.17) is 4.74 Å². The molecule has 0 saturated heterocycles. The molecule has 3 heteroatoms. The molecule has 3 aromatic carbocycles. The molecule has 0 saturated carbocycles. The molecule has 0 spiro atoms. The molecule has 0 aromatic heterocycles. The van der Waals surface area contributed by atoms with Crippen molar-refractivity contribution in [3.05, 3.63) is 88.0 Å². The summed E-state index contributed by atoms with van der Waals surface area (Å²) in [5.74, 6) is -0.580. The van der Waals surface area contributed by atoms with Gasteiger partial charge in [0.1, 0.15) is 11.3 Å². The van der Waals surface area contributed by atoms with Crippen LogP contribution in [0.15, 0.2) is 54.6 Å². The number of aromatic hydroxyl groups is 1. The average Bonchev–Trinajstić information content (AvgIpc) is 3.11. The maximum Gasteiger partial charge on any atom is 0.341 e. The first-order valence-corrected chi connectivity index (χ1v) is 11.0. The van der Waals surface area contributed by atoms with Crippen LogP contribution >= 0.6 is 0 Å². The van der Waals surface area contributed by atoms with Gasteiger partial charge in [0.05, 0.1) is 7.11 Å². The predicted molar refractivity (Wildman–Crippen MR) is 125 cm³/mol. The molecule has 3 nitrogen and oxygen atoms in total. The lowest BCUT2D eigenvalue weighted by molar-refractivity contribution is 0.0597. The van der Waals surface area contributed by atoms with Crippen molar-refractivity contribution in [2.24, 2.45) is 0 Å². The number of rotatable bonds is 5. The first kappa shape index (κ1) is 21.2. The zero-order valence-electron chi connectivity index (χ0n) is 19.0. The van der Waals surface area contributed by atoms with E-state index in [9.17, 15) is 9.90 Å². The predicted octanol–water partition coefficient (Wildman–Crippen LogP) is 6.73. The summed E-state index contributed by atoms with van der Waals surface area (Å²) in [6.45, 7) is 8.92. The quantitative estimate of drug-likeness (QED) is 0.369. The molecule has 1 unspecified atom stereocenters. The number of ether oxygens (including phenoxy) is 1. The molecule has 0 radical (unpaired) electrons. The molecule has 0 amide bonds. The third-order valence-electron chi connectivity index (χ3n) is 7.19. The highest BCUT2D eigenvalue weighted by Crippen LogP contribution is 2.50. The van der Waals surface area contributed by atoms with Gasteiger partial charge < -0.3 is 9.84 Å². The van der Waals surface area contributed by atoms with Gasteiger partial charge >= 0.3 is 5.97 Å². The average molecular weight is 415 g/mol. The van der Waals surface area contributed by atoms with Gasteiger partial charge in [0.2, 0.25) is 0 Å². The van der Waals surface area contributed by atoms with Gasteiger partial charge in [0.25, 0.3) is 0 Å². The Balaban J connectivity index is 1.95. The van der Waals surface area contributed by atoms with Crippen LogP contribution in [0, 0.1) is 6.92 Å². The third-order valence-corrected chi connectivity index (χ3v) is 7.19. The van der Waals surface area contributed by atoms with E-state index in [1.807, 2.05) is 6.07 Å². The lowest BCUT2D eigenvalue weighted by Crippen LogP contribution is -2.19. The molecule has 1 aliphatic carbocycles. The Labute approximate surface area is 184 Å². The van der Waals surface area contributed by atoms with Gasteiger partial charge in [-0.15, -0.1) is 0 Å². The van der Waals surface area contributed by atoms with Crippen molar-refractivity contribution in [3.8, 4) is 16.9 Å². The summed E-state index contributed by atoms with van der Waals surface area (Å²) in [6, 6.07) is 18.8. The molecular formula is C28H30O3. The van der Waals surface area contributed by atoms with E-state index in [1.165, 1.54) is 40.5 Å². The van der Waals surface area contributed by atoms with Gasteiger partial charge in [-0.3, -0.25) is 0 Å². The van der Waals surface area contributed by atoms with Crippen LogP contribution in [0.1, 0.15) is 77.7 Å². The van der Waals surface area contributed by atoms with Crippen molar-refractivity contribution in [3.63, 3.8) is 0 Å². The molecular weight excluding hydrogens is 384 g/mol. The fourth-order valence-corrected chi connectivity index (χ4v) is 4.78. The van der Waals surface area contributed by atoms with Crippen molar-refractivity contribution in [1.29, 1.82) is 0 Å². The largest absolute Gasteiger partial charge is 0.507 e. The molecule has 0 fully saturated rings. The number of hydrogen-bond donors (Lipinski definition) is 1. The van der Waals surface area contributed by atoms with E-state index < -0.39 is 5.97 Å². The second kappa shape index (κ2) is 7.88. The normalized spacial score (nSPS) is 14.8. The highest BCUT2D eigenvalue weighted by atomic mass is 16.5. The highest BCUT2D eigenvalue weighted by Gasteiger charge is 2.33. The van der Waals surface area contributed by atoms with Gasteiger partial charge in [-0.05, 0) is 70.7 Å². The number of carbonyl (C=O) groups is 1. The van der Waals surface area contributed by atoms with E-state index >= 15 is 0 Å². The van der Waals surface area contributed by atoms with Gasteiger partial charge in [0.15, 0.2) is 0 Å². The Bertz CT molecular complexity index is 1150. The van der Waals surface area contributed by atoms with Gasteiger partial charge in [0, 0.05) is 5.92 Å². The Morgan fingerprint density at radius 3 is 2.26 bits per heavy atom. The van der Waals surface area contributed by atoms with Gasteiger partial charge in [-0.25, -0.2) is 4.79 Å². The van der Waals surface area contributed by atoms with Gasteiger partial charge in [-0.2, -0.15) is 0 Å². The minimum Gasteiger partial charge on any atom is -0.507 e. The fraction of sp³-hybridized carbons (Fsp3) is 0.321. The highest BCUT2D eigenvalue weighted by molar-refractivity contribution is 5.93. The maximum absolute atomic E-state index is 12.2. The number of phenolic OH excluding ortho intramolecular Hbond substituents is 1. The smallest absolute Gasteiger partial charge is 0.341 e. The van der Waals surface area contributed by atoms with Crippen LogP contribution in [0.3, 0.4) is 0 Å². The Morgan fingerprint density at radius 2 is 1.61 bits per heavy atom. The van der Waals surface area contributed by atoms with Crippen molar-refractivity contribution in [2.45, 2.75) is 51.9 Å². The Hall–Kier alpha value is -3.07. The van der Waals surface area contributed by atoms with Crippen LogP contribution in [0.5, 0.6) is 5.75 Å². The summed E-state index contributed by atoms with van der Waals surface area (Å²) in [4.78, 5) is 12.2. The van der Waals surface area contributed by atoms with Crippen molar-refractivity contribution in [1.82, 2.24) is 0 Å². The molecule has 4 rings (SSSR count). The summed E-state index contributed by atoms with van der Waals surface area (Å²) in [5.41, 5.74) is 8.83. The van der Waals surface area contributed by atoms with Crippen LogP contribution in [-0.2, 0) is 10.2 Å². The second-order valence-corrected chi connectivity index (χ2v) is 8.86. The first-order valence-electron chi connectivity index (χ1n) is 11.0. The summed E-state index contributed by atoms with van der Waals surface area (Å²) in [7, 11) is 1.33. The molecule has 1 N–H and O–H groups in total. The van der Waals surface area contributed by atoms with Crippen LogP contribution in [0.25, 0.3) is 11.1 Å². The monoisotopic (exact) mass is 414 g/mol. The minimum atomic E-state index is -0.527. The topological polar surface area (TPSA) is 46.5 Å². The number of phenols is 1. The van der Waals surface area contributed by atoms with Crippen LogP contribution in [0.4, 0.5) is 0 Å². The zero-order chi connectivity index (χ0) is 22.3. The summed E-state index contributed by atoms with van der Waals surface area (Å²) in [5, 5.41) is 10.2. The molecule has 0 bridgehead atoms. The second-order valence-electron chi connectivity index (χ2n) is 8.86. The van der Waals surface area contributed by atoms with E-state index in [0.717, 1.165) is 18.4 Å².